The summed E-state index contributed by atoms with van der Waals surface area (Å²) in [7, 11) is 1.03. The van der Waals surface area contributed by atoms with E-state index in [1.807, 2.05) is 32.9 Å². The number of sulfonamides is 1. The van der Waals surface area contributed by atoms with Crippen LogP contribution in [0.25, 0.3) is 10.9 Å². The first-order valence-electron chi connectivity index (χ1n) is 12.0. The molecule has 1 amide bonds. The number of carbonyl (C=O) groups excluding carboxylic acids is 1. The molecule has 4 aromatic rings. The second kappa shape index (κ2) is 10.4. The molecule has 2 heterocycles. The molecule has 0 radical (unpaired) electrons. The van der Waals surface area contributed by atoms with E-state index in [9.17, 15) is 13.2 Å². The maximum Gasteiger partial charge on any atom is 0.319 e. The van der Waals surface area contributed by atoms with Crippen LogP contribution in [-0.4, -0.2) is 49.3 Å². The number of rotatable bonds is 8. The number of carbonyl (C=O) groups is 1. The number of benzene rings is 2. The normalized spacial score (nSPS) is 11.8. The number of hydrogen-bond donors (Lipinski definition) is 2. The minimum atomic E-state index is -3.61. The first kappa shape index (κ1) is 27.7. The highest BCUT2D eigenvalue weighted by Gasteiger charge is 2.24. The van der Waals surface area contributed by atoms with E-state index in [1.165, 1.54) is 20.4 Å². The number of aromatic nitrogens is 3. The lowest BCUT2D eigenvalue weighted by atomic mass is 9.86. The molecule has 2 N–H and O–H groups in total. The van der Waals surface area contributed by atoms with Gasteiger partial charge in [0.25, 0.3) is 5.91 Å². The summed E-state index contributed by atoms with van der Waals surface area (Å²) in [4.78, 5) is 21.8. The number of amides is 1. The van der Waals surface area contributed by atoms with Gasteiger partial charge < -0.3 is 24.1 Å². The molecule has 0 saturated carbocycles. The predicted molar refractivity (Wildman–Crippen MR) is 150 cm³/mol. The summed E-state index contributed by atoms with van der Waals surface area (Å²) in [6, 6.07) is 12.5. The van der Waals surface area contributed by atoms with Crippen LogP contribution < -0.4 is 24.2 Å². The Morgan fingerprint density at radius 2 is 1.74 bits per heavy atom. The summed E-state index contributed by atoms with van der Waals surface area (Å²) in [6.07, 6.45) is 2.58. The molecule has 0 unspecified atom stereocenters. The van der Waals surface area contributed by atoms with Gasteiger partial charge in [-0.1, -0.05) is 32.9 Å². The largest absolute Gasteiger partial charge is 0.492 e. The van der Waals surface area contributed by atoms with Crippen LogP contribution in [0.5, 0.6) is 23.4 Å². The number of anilines is 2. The van der Waals surface area contributed by atoms with Crippen LogP contribution in [0.2, 0.25) is 0 Å². The van der Waals surface area contributed by atoms with Crippen molar-refractivity contribution in [2.24, 2.45) is 7.05 Å². The molecule has 0 saturated heterocycles. The van der Waals surface area contributed by atoms with Crippen molar-refractivity contribution in [3.8, 4) is 23.4 Å². The van der Waals surface area contributed by atoms with E-state index in [4.69, 9.17) is 14.2 Å². The van der Waals surface area contributed by atoms with Crippen molar-refractivity contribution in [1.29, 1.82) is 0 Å². The number of fused-ring (bicyclic) bond motifs is 1. The molecule has 0 atom stereocenters. The summed E-state index contributed by atoms with van der Waals surface area (Å²) >= 11 is 0. The zero-order valence-electron chi connectivity index (χ0n) is 22.8. The number of hydrogen-bond acceptors (Lipinski definition) is 8. The SMILES string of the molecule is COc1nccc(Oc2cccc3cc(C(=O)Nc4cc(C(C)(C)C)cc(NS(C)(=O)=O)c4OC)n(C)c23)n1. The molecule has 0 aliphatic rings. The fourth-order valence-electron chi connectivity index (χ4n) is 4.11. The van der Waals surface area contributed by atoms with E-state index in [0.717, 1.165) is 17.2 Å². The first-order valence-corrected chi connectivity index (χ1v) is 13.8. The molecular weight excluding hydrogens is 522 g/mol. The molecule has 0 fully saturated rings. The Bertz CT molecular complexity index is 1660. The third-order valence-corrected chi connectivity index (χ3v) is 6.55. The van der Waals surface area contributed by atoms with Gasteiger partial charge in [0.2, 0.25) is 15.9 Å². The summed E-state index contributed by atoms with van der Waals surface area (Å²) in [6.45, 7) is 5.97. The van der Waals surface area contributed by atoms with Gasteiger partial charge in [0.1, 0.15) is 5.69 Å². The number of nitrogens with one attached hydrogen (secondary N) is 2. The Kier molecular flexibility index (Phi) is 7.42. The van der Waals surface area contributed by atoms with Gasteiger partial charge in [0.05, 0.1) is 37.4 Å². The third-order valence-electron chi connectivity index (χ3n) is 5.96. The lowest BCUT2D eigenvalue weighted by molar-refractivity contribution is 0.101. The van der Waals surface area contributed by atoms with Crippen molar-refractivity contribution in [2.75, 3.05) is 30.5 Å². The van der Waals surface area contributed by atoms with Crippen LogP contribution in [0.1, 0.15) is 36.8 Å². The monoisotopic (exact) mass is 553 g/mol. The molecule has 0 aliphatic heterocycles. The summed E-state index contributed by atoms with van der Waals surface area (Å²) in [5, 5.41) is 3.68. The van der Waals surface area contributed by atoms with Crippen LogP contribution in [-0.2, 0) is 22.5 Å². The van der Waals surface area contributed by atoms with E-state index < -0.39 is 15.9 Å². The van der Waals surface area contributed by atoms with Gasteiger partial charge in [0, 0.05) is 24.7 Å². The number of methoxy groups -OCH3 is 2. The highest BCUT2D eigenvalue weighted by Crippen LogP contribution is 2.39. The first-order chi connectivity index (χ1) is 18.3. The fraction of sp³-hybridized carbons (Fsp3) is 0.296. The maximum atomic E-state index is 13.6. The van der Waals surface area contributed by atoms with Crippen molar-refractivity contribution in [3.63, 3.8) is 0 Å². The average molecular weight is 554 g/mol. The van der Waals surface area contributed by atoms with Crippen molar-refractivity contribution in [2.45, 2.75) is 26.2 Å². The number of para-hydroxylation sites is 1. The Morgan fingerprint density at radius 3 is 2.38 bits per heavy atom. The minimum Gasteiger partial charge on any atom is -0.492 e. The lowest BCUT2D eigenvalue weighted by Gasteiger charge is -2.24. The van der Waals surface area contributed by atoms with E-state index in [1.54, 1.807) is 41.9 Å². The summed E-state index contributed by atoms with van der Waals surface area (Å²) < 4.78 is 44.9. The van der Waals surface area contributed by atoms with Crippen LogP contribution >= 0.6 is 0 Å². The minimum absolute atomic E-state index is 0.169. The average Bonchev–Trinajstić information content (AvgIpc) is 3.20. The van der Waals surface area contributed by atoms with Crippen LogP contribution in [0.15, 0.2) is 48.7 Å². The topological polar surface area (TPSA) is 134 Å². The molecule has 2 aromatic carbocycles. The predicted octanol–water partition coefficient (Wildman–Crippen LogP) is 4.70. The Labute approximate surface area is 227 Å². The number of nitrogens with zero attached hydrogens (tertiary/aromatic N) is 3. The second-order valence-corrected chi connectivity index (χ2v) is 11.7. The van der Waals surface area contributed by atoms with Crippen molar-refractivity contribution < 1.29 is 27.4 Å². The molecule has 12 heteroatoms. The van der Waals surface area contributed by atoms with E-state index >= 15 is 0 Å². The molecule has 0 bridgehead atoms. The van der Waals surface area contributed by atoms with E-state index in [-0.39, 0.29) is 28.7 Å². The van der Waals surface area contributed by atoms with Gasteiger partial charge in [-0.25, -0.2) is 13.4 Å². The van der Waals surface area contributed by atoms with Crippen molar-refractivity contribution >= 4 is 38.2 Å². The molecule has 11 nitrogen and oxygen atoms in total. The van der Waals surface area contributed by atoms with Crippen LogP contribution in [0, 0.1) is 0 Å². The molecular formula is C27H31N5O6S. The Morgan fingerprint density at radius 1 is 1.03 bits per heavy atom. The standard InChI is InChI=1S/C27H31N5O6S/c1-27(2,3)17-14-18(24(36-5)19(15-17)31-39(7,34)35)29-25(33)20-13-16-9-8-10-21(23(16)32(20)4)38-22-11-12-28-26(30-22)37-6/h8-15,31H,1-7H3,(H,29,33). The molecule has 2 aromatic heterocycles. The third kappa shape index (κ3) is 6.06. The highest BCUT2D eigenvalue weighted by molar-refractivity contribution is 7.92. The number of ether oxygens (including phenoxy) is 3. The summed E-state index contributed by atoms with van der Waals surface area (Å²) in [5.41, 5.74) is 2.05. The smallest absolute Gasteiger partial charge is 0.319 e. The molecule has 4 rings (SSSR count). The second-order valence-electron chi connectivity index (χ2n) is 9.95. The Balaban J connectivity index is 1.75. The highest BCUT2D eigenvalue weighted by atomic mass is 32.2. The number of aryl methyl sites for hydroxylation is 1. The lowest BCUT2D eigenvalue weighted by Crippen LogP contribution is -2.19. The van der Waals surface area contributed by atoms with Gasteiger partial charge >= 0.3 is 6.01 Å². The van der Waals surface area contributed by atoms with Gasteiger partial charge in [-0.15, -0.1) is 0 Å². The van der Waals surface area contributed by atoms with Crippen LogP contribution in [0.4, 0.5) is 11.4 Å². The molecule has 206 valence electrons. The van der Waals surface area contributed by atoms with Gasteiger partial charge in [-0.05, 0) is 35.2 Å². The van der Waals surface area contributed by atoms with E-state index in [0.29, 0.717) is 22.6 Å². The van der Waals surface area contributed by atoms with Gasteiger partial charge in [0.15, 0.2) is 11.5 Å². The molecule has 39 heavy (non-hydrogen) atoms. The van der Waals surface area contributed by atoms with Crippen LogP contribution in [0.3, 0.4) is 0 Å². The van der Waals surface area contributed by atoms with E-state index in [2.05, 4.69) is 20.0 Å². The van der Waals surface area contributed by atoms with Crippen molar-refractivity contribution in [3.05, 3.63) is 59.9 Å². The van der Waals surface area contributed by atoms with Gasteiger partial charge in [-0.2, -0.15) is 4.98 Å². The molecule has 0 spiro atoms. The van der Waals surface area contributed by atoms with Crippen molar-refractivity contribution in [1.82, 2.24) is 14.5 Å². The maximum absolute atomic E-state index is 13.6. The zero-order valence-corrected chi connectivity index (χ0v) is 23.6. The van der Waals surface area contributed by atoms with Gasteiger partial charge in [-0.3, -0.25) is 9.52 Å². The summed E-state index contributed by atoms with van der Waals surface area (Å²) in [5.74, 6) is 0.554. The fourth-order valence-corrected chi connectivity index (χ4v) is 4.66. The molecule has 0 aliphatic carbocycles. The Hall–Kier alpha value is -4.32. The zero-order chi connectivity index (χ0) is 28.5. The quantitative estimate of drug-likeness (QED) is 0.321.